The average Bonchev–Trinajstić information content (AvgIpc) is 2.39. The molecule has 1 N–H and O–H groups in total. The van der Waals surface area contributed by atoms with Gasteiger partial charge in [-0.3, -0.25) is 4.99 Å². The van der Waals surface area contributed by atoms with Crippen molar-refractivity contribution in [2.24, 2.45) is 4.99 Å². The molecular formula is C16H17NO. The lowest BCUT2D eigenvalue weighted by molar-refractivity contribution is 0.474. The monoisotopic (exact) mass is 239 g/mol. The maximum atomic E-state index is 9.69. The van der Waals surface area contributed by atoms with Crippen LogP contribution in [0, 0.1) is 6.92 Å². The molecule has 2 aromatic rings. The van der Waals surface area contributed by atoms with E-state index in [0.29, 0.717) is 0 Å². The average molecular weight is 239 g/mol. The minimum absolute atomic E-state index is 0.257. The highest BCUT2D eigenvalue weighted by Gasteiger charge is 2.02. The van der Waals surface area contributed by atoms with E-state index in [1.165, 1.54) is 5.56 Å². The van der Waals surface area contributed by atoms with Crippen molar-refractivity contribution in [3.05, 3.63) is 59.2 Å². The third-order valence-corrected chi connectivity index (χ3v) is 2.97. The zero-order chi connectivity index (χ0) is 13.0. The molecule has 0 heterocycles. The molecule has 18 heavy (non-hydrogen) atoms. The van der Waals surface area contributed by atoms with Crippen LogP contribution in [0.5, 0.6) is 5.75 Å². The lowest BCUT2D eigenvalue weighted by Crippen LogP contribution is -1.87. The number of nitrogens with zero attached hydrogens (tertiary/aromatic N) is 1. The van der Waals surface area contributed by atoms with Crippen LogP contribution in [0.2, 0.25) is 0 Å². The molecule has 2 nitrogen and oxygen atoms in total. The first-order valence-corrected chi connectivity index (χ1v) is 6.13. The molecular weight excluding hydrogens is 222 g/mol. The summed E-state index contributed by atoms with van der Waals surface area (Å²) in [6.45, 7) is 4.17. The fourth-order valence-corrected chi connectivity index (χ4v) is 1.92. The van der Waals surface area contributed by atoms with Crippen LogP contribution in [-0.2, 0) is 6.42 Å². The molecule has 0 fully saturated rings. The van der Waals surface area contributed by atoms with E-state index in [4.69, 9.17) is 0 Å². The maximum absolute atomic E-state index is 9.69. The van der Waals surface area contributed by atoms with Crippen LogP contribution in [0.1, 0.15) is 23.6 Å². The molecule has 0 saturated carbocycles. The number of hydrogen-bond donors (Lipinski definition) is 1. The summed E-state index contributed by atoms with van der Waals surface area (Å²) in [6, 6.07) is 13.4. The fraction of sp³-hybridized carbons (Fsp3) is 0.188. The predicted octanol–water partition coefficient (Wildman–Crippen LogP) is 4.01. The first-order valence-electron chi connectivity index (χ1n) is 6.13. The zero-order valence-corrected chi connectivity index (χ0v) is 10.7. The summed E-state index contributed by atoms with van der Waals surface area (Å²) in [5.74, 6) is 0.257. The second-order valence-electron chi connectivity index (χ2n) is 4.25. The Labute approximate surface area is 108 Å². The number of phenolic OH excluding ortho intramolecular Hbond substituents is 1. The number of benzene rings is 2. The lowest BCUT2D eigenvalue weighted by Gasteiger charge is -2.06. The van der Waals surface area contributed by atoms with Crippen molar-refractivity contribution in [2.45, 2.75) is 20.3 Å². The summed E-state index contributed by atoms with van der Waals surface area (Å²) in [5.41, 5.74) is 4.12. The third-order valence-electron chi connectivity index (χ3n) is 2.97. The van der Waals surface area contributed by atoms with Gasteiger partial charge < -0.3 is 5.11 Å². The van der Waals surface area contributed by atoms with Crippen LogP contribution in [0.3, 0.4) is 0 Å². The van der Waals surface area contributed by atoms with Gasteiger partial charge in [-0.1, -0.05) is 37.3 Å². The molecule has 0 radical (unpaired) electrons. The summed E-state index contributed by atoms with van der Waals surface area (Å²) < 4.78 is 0. The molecule has 92 valence electrons. The Balaban J connectivity index is 2.38. The van der Waals surface area contributed by atoms with Crippen molar-refractivity contribution >= 4 is 11.9 Å². The molecule has 0 bridgehead atoms. The van der Waals surface area contributed by atoms with Gasteiger partial charge in [0.15, 0.2) is 0 Å². The highest BCUT2D eigenvalue weighted by Crippen LogP contribution is 2.25. The Hall–Kier alpha value is -2.09. The van der Waals surface area contributed by atoms with Gasteiger partial charge in [-0.25, -0.2) is 0 Å². The number of aliphatic imine (C=N–C) groups is 1. The van der Waals surface area contributed by atoms with Crippen LogP contribution < -0.4 is 0 Å². The molecule has 0 aliphatic rings. The van der Waals surface area contributed by atoms with Gasteiger partial charge in [0.25, 0.3) is 0 Å². The van der Waals surface area contributed by atoms with Crippen molar-refractivity contribution < 1.29 is 5.11 Å². The second kappa shape index (κ2) is 5.50. The molecule has 0 aliphatic carbocycles. The summed E-state index contributed by atoms with van der Waals surface area (Å²) in [7, 11) is 0. The number of rotatable bonds is 3. The molecule has 2 rings (SSSR count). The normalized spacial score (nSPS) is 11.0. The Morgan fingerprint density at radius 2 is 1.89 bits per heavy atom. The van der Waals surface area contributed by atoms with Crippen molar-refractivity contribution in [3.63, 3.8) is 0 Å². The Kier molecular flexibility index (Phi) is 3.78. The number of phenols is 1. The van der Waals surface area contributed by atoms with E-state index >= 15 is 0 Å². The van der Waals surface area contributed by atoms with Crippen LogP contribution in [0.4, 0.5) is 5.69 Å². The highest BCUT2D eigenvalue weighted by molar-refractivity contribution is 5.85. The van der Waals surface area contributed by atoms with Gasteiger partial charge in [-0.15, -0.1) is 0 Å². The molecule has 0 unspecified atom stereocenters. The summed E-state index contributed by atoms with van der Waals surface area (Å²) >= 11 is 0. The van der Waals surface area contributed by atoms with Crippen LogP contribution in [0.15, 0.2) is 47.5 Å². The van der Waals surface area contributed by atoms with Gasteiger partial charge in [0, 0.05) is 11.8 Å². The zero-order valence-electron chi connectivity index (χ0n) is 10.7. The molecule has 2 aromatic carbocycles. The van der Waals surface area contributed by atoms with Gasteiger partial charge >= 0.3 is 0 Å². The topological polar surface area (TPSA) is 32.6 Å². The van der Waals surface area contributed by atoms with E-state index in [9.17, 15) is 5.11 Å². The predicted molar refractivity (Wildman–Crippen MR) is 75.9 cm³/mol. The summed E-state index contributed by atoms with van der Waals surface area (Å²) in [4.78, 5) is 4.52. The van der Waals surface area contributed by atoms with Crippen molar-refractivity contribution in [2.75, 3.05) is 0 Å². The third kappa shape index (κ3) is 2.59. The van der Waals surface area contributed by atoms with Gasteiger partial charge in [-0.2, -0.15) is 0 Å². The molecule has 0 amide bonds. The number of hydrogen-bond acceptors (Lipinski definition) is 2. The molecule has 0 spiro atoms. The van der Waals surface area contributed by atoms with E-state index in [0.717, 1.165) is 23.2 Å². The van der Waals surface area contributed by atoms with Crippen molar-refractivity contribution in [1.29, 1.82) is 0 Å². The van der Waals surface area contributed by atoms with Gasteiger partial charge in [0.05, 0.1) is 5.69 Å². The quantitative estimate of drug-likeness (QED) is 0.806. The standard InChI is InChI=1S/C16H17NO/c1-3-13-9-6-7-12(2)16(13)17-11-14-8-4-5-10-15(14)18/h4-11,18H,3H2,1-2H3. The maximum Gasteiger partial charge on any atom is 0.124 e. The summed E-state index contributed by atoms with van der Waals surface area (Å²) in [6.07, 6.45) is 2.67. The second-order valence-corrected chi connectivity index (χ2v) is 4.25. The molecule has 0 aliphatic heterocycles. The van der Waals surface area contributed by atoms with Crippen molar-refractivity contribution in [1.82, 2.24) is 0 Å². The number of aryl methyl sites for hydroxylation is 2. The smallest absolute Gasteiger partial charge is 0.124 e. The molecule has 0 aromatic heterocycles. The van der Waals surface area contributed by atoms with Crippen LogP contribution >= 0.6 is 0 Å². The number of aromatic hydroxyl groups is 1. The molecule has 0 atom stereocenters. The Morgan fingerprint density at radius 3 is 2.61 bits per heavy atom. The minimum Gasteiger partial charge on any atom is -0.507 e. The summed E-state index contributed by atoms with van der Waals surface area (Å²) in [5, 5.41) is 9.69. The fourth-order valence-electron chi connectivity index (χ4n) is 1.92. The van der Waals surface area contributed by atoms with Crippen molar-refractivity contribution in [3.8, 4) is 5.75 Å². The first-order chi connectivity index (χ1) is 8.72. The van der Waals surface area contributed by atoms with E-state index < -0.39 is 0 Å². The van der Waals surface area contributed by atoms with Crippen LogP contribution in [-0.4, -0.2) is 11.3 Å². The van der Waals surface area contributed by atoms with Gasteiger partial charge in [0.2, 0.25) is 0 Å². The van der Waals surface area contributed by atoms with E-state index in [1.54, 1.807) is 18.3 Å². The van der Waals surface area contributed by atoms with Crippen LogP contribution in [0.25, 0.3) is 0 Å². The highest BCUT2D eigenvalue weighted by atomic mass is 16.3. The van der Waals surface area contributed by atoms with E-state index in [1.807, 2.05) is 18.2 Å². The largest absolute Gasteiger partial charge is 0.507 e. The minimum atomic E-state index is 0.257. The van der Waals surface area contributed by atoms with Gasteiger partial charge in [-0.05, 0) is 36.6 Å². The van der Waals surface area contributed by atoms with Gasteiger partial charge in [0.1, 0.15) is 5.75 Å². The SMILES string of the molecule is CCc1cccc(C)c1N=Cc1ccccc1O. The van der Waals surface area contributed by atoms with E-state index in [2.05, 4.69) is 31.0 Å². The lowest BCUT2D eigenvalue weighted by atomic mass is 10.1. The van der Waals surface area contributed by atoms with E-state index in [-0.39, 0.29) is 5.75 Å². The molecule has 0 saturated heterocycles. The Bertz CT molecular complexity index is 573. The Morgan fingerprint density at radius 1 is 1.11 bits per heavy atom. The number of para-hydroxylation sites is 2. The first kappa shape index (κ1) is 12.4. The molecule has 2 heteroatoms.